The van der Waals surface area contributed by atoms with E-state index in [1.807, 2.05) is 12.1 Å². The van der Waals surface area contributed by atoms with E-state index in [4.69, 9.17) is 10.2 Å². The minimum Gasteiger partial charge on any atom is -0.467 e. The number of thiophene rings is 1. The standard InChI is InChI=1S/C18H24N4OS/c1-11(2)7-13(19)8-16-12(3)17-18(24-16)15(10-21-22-17)20-9-14-5-4-6-23-14/h4-6,10-11,13H,7-9,19H2,1-3H3,(H,20,22)/t13-/m0/s1. The summed E-state index contributed by atoms with van der Waals surface area (Å²) in [5, 5.41) is 11.9. The average Bonchev–Trinajstić information content (AvgIpc) is 3.14. The lowest BCUT2D eigenvalue weighted by Gasteiger charge is -2.13. The number of aromatic nitrogens is 2. The van der Waals surface area contributed by atoms with Crippen LogP contribution in [-0.2, 0) is 13.0 Å². The SMILES string of the molecule is Cc1c(C[C@@H](N)CC(C)C)sc2c(NCc3ccco3)cnnc12. The fourth-order valence-corrected chi connectivity index (χ4v) is 4.22. The smallest absolute Gasteiger partial charge is 0.122 e. The summed E-state index contributed by atoms with van der Waals surface area (Å²) >= 11 is 1.77. The van der Waals surface area contributed by atoms with Gasteiger partial charge in [-0.3, -0.25) is 0 Å². The molecule has 0 unspecified atom stereocenters. The van der Waals surface area contributed by atoms with Crippen molar-refractivity contribution in [3.63, 3.8) is 0 Å². The third-order valence-corrected chi connectivity index (χ3v) is 5.39. The van der Waals surface area contributed by atoms with Gasteiger partial charge in [-0.05, 0) is 43.4 Å². The van der Waals surface area contributed by atoms with Crippen molar-refractivity contribution < 1.29 is 4.42 Å². The number of rotatable bonds is 7. The second-order valence-electron chi connectivity index (χ2n) is 6.61. The molecule has 3 rings (SSSR count). The molecule has 3 heterocycles. The zero-order valence-electron chi connectivity index (χ0n) is 14.4. The second-order valence-corrected chi connectivity index (χ2v) is 7.72. The molecule has 0 saturated heterocycles. The molecule has 0 saturated carbocycles. The summed E-state index contributed by atoms with van der Waals surface area (Å²) in [7, 11) is 0. The normalized spacial score (nSPS) is 12.9. The number of nitrogens with one attached hydrogen (secondary N) is 1. The van der Waals surface area contributed by atoms with Crippen molar-refractivity contribution in [2.45, 2.75) is 46.2 Å². The van der Waals surface area contributed by atoms with E-state index in [9.17, 15) is 0 Å². The summed E-state index contributed by atoms with van der Waals surface area (Å²) in [4.78, 5) is 1.31. The van der Waals surface area contributed by atoms with Gasteiger partial charge < -0.3 is 15.5 Å². The minimum atomic E-state index is 0.184. The maximum atomic E-state index is 6.30. The first-order valence-corrected chi connectivity index (χ1v) is 9.11. The van der Waals surface area contributed by atoms with Gasteiger partial charge in [0, 0.05) is 10.9 Å². The summed E-state index contributed by atoms with van der Waals surface area (Å²) in [5.74, 6) is 1.51. The quantitative estimate of drug-likeness (QED) is 0.674. The molecule has 0 aliphatic heterocycles. The Morgan fingerprint density at radius 1 is 1.38 bits per heavy atom. The van der Waals surface area contributed by atoms with Crippen LogP contribution in [0.5, 0.6) is 0 Å². The van der Waals surface area contributed by atoms with Crippen molar-refractivity contribution in [2.75, 3.05) is 5.32 Å². The van der Waals surface area contributed by atoms with Gasteiger partial charge in [0.25, 0.3) is 0 Å². The van der Waals surface area contributed by atoms with Crippen LogP contribution >= 0.6 is 11.3 Å². The first kappa shape index (κ1) is 16.9. The zero-order valence-corrected chi connectivity index (χ0v) is 15.2. The van der Waals surface area contributed by atoms with Crippen molar-refractivity contribution in [3.05, 3.63) is 40.8 Å². The van der Waals surface area contributed by atoms with E-state index < -0.39 is 0 Å². The van der Waals surface area contributed by atoms with Gasteiger partial charge in [0.1, 0.15) is 11.3 Å². The van der Waals surface area contributed by atoms with Crippen molar-refractivity contribution >= 4 is 27.2 Å². The molecule has 5 nitrogen and oxygen atoms in total. The maximum absolute atomic E-state index is 6.30. The van der Waals surface area contributed by atoms with Gasteiger partial charge >= 0.3 is 0 Å². The van der Waals surface area contributed by atoms with E-state index >= 15 is 0 Å². The summed E-state index contributed by atoms with van der Waals surface area (Å²) in [6, 6.07) is 4.03. The second kappa shape index (κ2) is 7.32. The third-order valence-electron chi connectivity index (χ3n) is 4.06. The Kier molecular flexibility index (Phi) is 5.16. The summed E-state index contributed by atoms with van der Waals surface area (Å²) in [6.45, 7) is 7.16. The number of aryl methyl sites for hydroxylation is 1. The number of hydrogen-bond acceptors (Lipinski definition) is 6. The molecule has 24 heavy (non-hydrogen) atoms. The predicted molar refractivity (Wildman–Crippen MR) is 99.3 cm³/mol. The highest BCUT2D eigenvalue weighted by molar-refractivity contribution is 7.19. The number of anilines is 1. The third kappa shape index (κ3) is 3.76. The van der Waals surface area contributed by atoms with Gasteiger partial charge in [0.2, 0.25) is 0 Å². The fourth-order valence-electron chi connectivity index (χ4n) is 2.90. The Hall–Kier alpha value is -1.92. The van der Waals surface area contributed by atoms with E-state index in [1.54, 1.807) is 23.8 Å². The molecule has 128 valence electrons. The molecule has 3 N–H and O–H groups in total. The van der Waals surface area contributed by atoms with Gasteiger partial charge in [-0.1, -0.05) is 13.8 Å². The molecule has 0 bridgehead atoms. The van der Waals surface area contributed by atoms with Crippen LogP contribution in [0.1, 0.15) is 36.5 Å². The number of nitrogens with zero attached hydrogens (tertiary/aromatic N) is 2. The molecule has 0 aromatic carbocycles. The number of furan rings is 1. The summed E-state index contributed by atoms with van der Waals surface area (Å²) < 4.78 is 6.51. The van der Waals surface area contributed by atoms with Gasteiger partial charge in [-0.15, -0.1) is 16.4 Å². The van der Waals surface area contributed by atoms with Crippen LogP contribution in [0, 0.1) is 12.8 Å². The van der Waals surface area contributed by atoms with Gasteiger partial charge in [-0.25, -0.2) is 0 Å². The molecule has 6 heteroatoms. The van der Waals surface area contributed by atoms with Crippen LogP contribution in [0.2, 0.25) is 0 Å². The lowest BCUT2D eigenvalue weighted by atomic mass is 10.0. The van der Waals surface area contributed by atoms with Crippen LogP contribution in [0.4, 0.5) is 5.69 Å². The highest BCUT2D eigenvalue weighted by atomic mass is 32.1. The average molecular weight is 344 g/mol. The number of fused-ring (bicyclic) bond motifs is 1. The molecule has 0 aliphatic rings. The lowest BCUT2D eigenvalue weighted by Crippen LogP contribution is -2.24. The van der Waals surface area contributed by atoms with Crippen molar-refractivity contribution in [2.24, 2.45) is 11.7 Å². The van der Waals surface area contributed by atoms with Crippen LogP contribution < -0.4 is 11.1 Å². The highest BCUT2D eigenvalue weighted by Crippen LogP contribution is 2.35. The molecule has 0 amide bonds. The first-order valence-electron chi connectivity index (χ1n) is 8.30. The Morgan fingerprint density at radius 2 is 2.21 bits per heavy atom. The maximum Gasteiger partial charge on any atom is 0.122 e. The Labute approximate surface area is 146 Å². The number of nitrogens with two attached hydrogens (primary N) is 1. The van der Waals surface area contributed by atoms with Gasteiger partial charge in [0.05, 0.1) is 29.4 Å². The molecular formula is C18H24N4OS. The molecule has 0 aliphatic carbocycles. The van der Waals surface area contributed by atoms with Crippen LogP contribution in [0.25, 0.3) is 10.2 Å². The Balaban J connectivity index is 1.82. The van der Waals surface area contributed by atoms with Gasteiger partial charge in [-0.2, -0.15) is 5.10 Å². The molecule has 3 aromatic heterocycles. The van der Waals surface area contributed by atoms with E-state index in [0.717, 1.165) is 34.5 Å². The minimum absolute atomic E-state index is 0.184. The van der Waals surface area contributed by atoms with Crippen molar-refractivity contribution in [1.82, 2.24) is 10.2 Å². The highest BCUT2D eigenvalue weighted by Gasteiger charge is 2.16. The monoisotopic (exact) mass is 344 g/mol. The summed E-state index contributed by atoms with van der Waals surface area (Å²) in [5.41, 5.74) is 9.46. The van der Waals surface area contributed by atoms with Gasteiger partial charge in [0.15, 0.2) is 0 Å². The molecule has 0 fully saturated rings. The van der Waals surface area contributed by atoms with Crippen molar-refractivity contribution in [3.8, 4) is 0 Å². The van der Waals surface area contributed by atoms with E-state index in [2.05, 4.69) is 36.3 Å². The predicted octanol–water partition coefficient (Wildman–Crippen LogP) is 4.12. The molecule has 3 aromatic rings. The van der Waals surface area contributed by atoms with E-state index in [0.29, 0.717) is 12.5 Å². The topological polar surface area (TPSA) is 77.0 Å². The van der Waals surface area contributed by atoms with Crippen molar-refractivity contribution in [1.29, 1.82) is 0 Å². The summed E-state index contributed by atoms with van der Waals surface area (Å²) in [6.07, 6.45) is 5.38. The number of hydrogen-bond donors (Lipinski definition) is 2. The largest absolute Gasteiger partial charge is 0.467 e. The lowest BCUT2D eigenvalue weighted by molar-refractivity contribution is 0.495. The zero-order chi connectivity index (χ0) is 17.1. The Bertz CT molecular complexity index is 795. The fraction of sp³-hybridized carbons (Fsp3) is 0.444. The molecule has 1 atom stereocenters. The molecule has 0 radical (unpaired) electrons. The van der Waals surface area contributed by atoms with Crippen LogP contribution in [0.3, 0.4) is 0 Å². The Morgan fingerprint density at radius 3 is 2.92 bits per heavy atom. The van der Waals surface area contributed by atoms with Crippen LogP contribution in [0.15, 0.2) is 29.0 Å². The first-order chi connectivity index (χ1) is 11.5. The van der Waals surface area contributed by atoms with Crippen LogP contribution in [-0.4, -0.2) is 16.2 Å². The molecule has 0 spiro atoms. The van der Waals surface area contributed by atoms with E-state index in [1.165, 1.54) is 10.4 Å². The van der Waals surface area contributed by atoms with E-state index in [-0.39, 0.29) is 6.04 Å². The molecular weight excluding hydrogens is 320 g/mol.